The molecule has 3 unspecified atom stereocenters. The zero-order chi connectivity index (χ0) is 13.5. The molecule has 1 fully saturated rings. The average Bonchev–Trinajstić information content (AvgIpc) is 2.79. The number of ether oxygens (including phenoxy) is 2. The molecule has 3 atom stereocenters. The first-order chi connectivity index (χ1) is 8.60. The highest BCUT2D eigenvalue weighted by Gasteiger charge is 2.30. The van der Waals surface area contributed by atoms with Gasteiger partial charge in [0.15, 0.2) is 0 Å². The topological polar surface area (TPSA) is 50.8 Å². The molecule has 18 heavy (non-hydrogen) atoms. The lowest BCUT2D eigenvalue weighted by atomic mass is 10.1. The van der Waals surface area contributed by atoms with Crippen LogP contribution in [0.15, 0.2) is 0 Å². The maximum atomic E-state index is 11.7. The van der Waals surface area contributed by atoms with E-state index in [9.17, 15) is 4.79 Å². The predicted molar refractivity (Wildman–Crippen MR) is 70.5 cm³/mol. The van der Waals surface area contributed by atoms with E-state index in [-0.39, 0.29) is 18.1 Å². The minimum atomic E-state index is -0.257. The lowest BCUT2D eigenvalue weighted by Crippen LogP contribution is -2.49. The van der Waals surface area contributed by atoms with Crippen LogP contribution in [-0.2, 0) is 14.3 Å². The molecular formula is C13H26N2O3. The molecule has 5 heteroatoms. The van der Waals surface area contributed by atoms with E-state index in [0.717, 1.165) is 26.0 Å². The van der Waals surface area contributed by atoms with Gasteiger partial charge >= 0.3 is 5.97 Å². The molecule has 0 amide bonds. The third-order valence-corrected chi connectivity index (χ3v) is 3.50. The molecule has 5 nitrogen and oxygen atoms in total. The zero-order valence-electron chi connectivity index (χ0n) is 11.9. The van der Waals surface area contributed by atoms with Crippen molar-refractivity contribution in [3.8, 4) is 0 Å². The van der Waals surface area contributed by atoms with Crippen molar-refractivity contribution in [2.24, 2.45) is 0 Å². The molecule has 1 aliphatic heterocycles. The van der Waals surface area contributed by atoms with Gasteiger partial charge in [-0.3, -0.25) is 9.69 Å². The summed E-state index contributed by atoms with van der Waals surface area (Å²) in [4.78, 5) is 13.9. The molecule has 0 saturated carbocycles. The summed E-state index contributed by atoms with van der Waals surface area (Å²) in [5.41, 5.74) is 0. The molecule has 0 aromatic carbocycles. The first kappa shape index (κ1) is 15.4. The Hall–Kier alpha value is -0.650. The second-order valence-electron chi connectivity index (χ2n) is 4.90. The van der Waals surface area contributed by atoms with Crippen molar-refractivity contribution < 1.29 is 14.3 Å². The molecule has 0 aliphatic carbocycles. The van der Waals surface area contributed by atoms with Gasteiger partial charge in [-0.2, -0.15) is 0 Å². The van der Waals surface area contributed by atoms with Crippen molar-refractivity contribution in [1.82, 2.24) is 10.2 Å². The zero-order valence-corrected chi connectivity index (χ0v) is 11.9. The fourth-order valence-corrected chi connectivity index (χ4v) is 2.41. The van der Waals surface area contributed by atoms with Crippen LogP contribution < -0.4 is 5.32 Å². The summed E-state index contributed by atoms with van der Waals surface area (Å²) in [7, 11) is 3.48. The van der Waals surface area contributed by atoms with Crippen LogP contribution in [-0.4, -0.2) is 62.9 Å². The molecule has 1 heterocycles. The van der Waals surface area contributed by atoms with E-state index < -0.39 is 0 Å². The molecule has 1 rings (SSSR count). The summed E-state index contributed by atoms with van der Waals surface area (Å²) in [5, 5.41) is 3.23. The Morgan fingerprint density at radius 2 is 2.33 bits per heavy atom. The van der Waals surface area contributed by atoms with E-state index >= 15 is 0 Å². The monoisotopic (exact) mass is 258 g/mol. The van der Waals surface area contributed by atoms with Crippen LogP contribution >= 0.6 is 0 Å². The third kappa shape index (κ3) is 4.23. The minimum Gasteiger partial charge on any atom is -0.468 e. The van der Waals surface area contributed by atoms with Crippen molar-refractivity contribution in [2.75, 3.05) is 33.9 Å². The van der Waals surface area contributed by atoms with Crippen LogP contribution in [0.25, 0.3) is 0 Å². The summed E-state index contributed by atoms with van der Waals surface area (Å²) in [6, 6.07) is 0.133. The Morgan fingerprint density at radius 3 is 2.83 bits per heavy atom. The van der Waals surface area contributed by atoms with Gasteiger partial charge in [0.2, 0.25) is 0 Å². The Kier molecular flexibility index (Phi) is 6.60. The lowest BCUT2D eigenvalue weighted by Gasteiger charge is -2.29. The van der Waals surface area contributed by atoms with Gasteiger partial charge in [-0.25, -0.2) is 0 Å². The van der Waals surface area contributed by atoms with Gasteiger partial charge in [-0.1, -0.05) is 6.92 Å². The molecular weight excluding hydrogens is 232 g/mol. The predicted octanol–water partition coefficient (Wildman–Crippen LogP) is 0.637. The summed E-state index contributed by atoms with van der Waals surface area (Å²) >= 11 is 0. The Bertz CT molecular complexity index is 261. The fraction of sp³-hybridized carbons (Fsp3) is 0.923. The molecule has 0 bridgehead atoms. The highest BCUT2D eigenvalue weighted by atomic mass is 16.5. The molecule has 0 aromatic heterocycles. The van der Waals surface area contributed by atoms with Gasteiger partial charge in [-0.15, -0.1) is 0 Å². The number of likely N-dealkylation sites (N-methyl/N-ethyl adjacent to an activating group) is 1. The van der Waals surface area contributed by atoms with Gasteiger partial charge in [0.25, 0.3) is 0 Å². The number of nitrogens with zero attached hydrogens (tertiary/aromatic N) is 1. The number of hydrogen-bond acceptors (Lipinski definition) is 5. The number of carbonyl (C=O) groups is 1. The standard InChI is InChI=1S/C13H26N2O3/c1-5-7-14-11(13(16)17-4)9-15(3)12-6-8-18-10(12)2/h10-12,14H,5-9H2,1-4H3. The van der Waals surface area contributed by atoms with Gasteiger partial charge in [0, 0.05) is 19.2 Å². The summed E-state index contributed by atoms with van der Waals surface area (Å²) in [5.74, 6) is -0.193. The number of rotatable bonds is 7. The van der Waals surface area contributed by atoms with Gasteiger partial charge < -0.3 is 14.8 Å². The highest BCUT2D eigenvalue weighted by Crippen LogP contribution is 2.18. The second kappa shape index (κ2) is 7.71. The van der Waals surface area contributed by atoms with Gasteiger partial charge in [-0.05, 0) is 33.4 Å². The summed E-state index contributed by atoms with van der Waals surface area (Å²) < 4.78 is 10.4. The van der Waals surface area contributed by atoms with E-state index in [1.54, 1.807) is 0 Å². The SMILES string of the molecule is CCCNC(CN(C)C1CCOC1C)C(=O)OC. The van der Waals surface area contributed by atoms with E-state index in [1.807, 2.05) is 7.05 Å². The van der Waals surface area contributed by atoms with Crippen LogP contribution in [0, 0.1) is 0 Å². The normalized spacial score (nSPS) is 25.4. The molecule has 1 N–H and O–H groups in total. The van der Waals surface area contributed by atoms with Crippen LogP contribution in [0.3, 0.4) is 0 Å². The summed E-state index contributed by atoms with van der Waals surface area (Å²) in [6.45, 7) is 6.45. The maximum Gasteiger partial charge on any atom is 0.324 e. The number of hydrogen-bond donors (Lipinski definition) is 1. The van der Waals surface area contributed by atoms with Crippen LogP contribution in [0.2, 0.25) is 0 Å². The Balaban J connectivity index is 2.50. The third-order valence-electron chi connectivity index (χ3n) is 3.50. The lowest BCUT2D eigenvalue weighted by molar-refractivity contribution is -0.143. The largest absolute Gasteiger partial charge is 0.468 e. The van der Waals surface area contributed by atoms with E-state index in [0.29, 0.717) is 12.6 Å². The van der Waals surface area contributed by atoms with Crippen LogP contribution in [0.1, 0.15) is 26.7 Å². The van der Waals surface area contributed by atoms with Crippen molar-refractivity contribution in [2.45, 2.75) is 44.9 Å². The first-order valence-electron chi connectivity index (χ1n) is 6.73. The Morgan fingerprint density at radius 1 is 1.61 bits per heavy atom. The van der Waals surface area contributed by atoms with Crippen LogP contribution in [0.4, 0.5) is 0 Å². The van der Waals surface area contributed by atoms with Crippen LogP contribution in [0.5, 0.6) is 0 Å². The molecule has 0 spiro atoms. The molecule has 1 saturated heterocycles. The van der Waals surface area contributed by atoms with Gasteiger partial charge in [0.05, 0.1) is 13.2 Å². The molecule has 0 aromatic rings. The summed E-state index contributed by atoms with van der Waals surface area (Å²) in [6.07, 6.45) is 2.26. The highest BCUT2D eigenvalue weighted by molar-refractivity contribution is 5.75. The molecule has 106 valence electrons. The first-order valence-corrected chi connectivity index (χ1v) is 6.73. The number of methoxy groups -OCH3 is 1. The van der Waals surface area contributed by atoms with Crippen molar-refractivity contribution >= 4 is 5.97 Å². The maximum absolute atomic E-state index is 11.7. The molecule has 0 radical (unpaired) electrons. The van der Waals surface area contributed by atoms with E-state index in [2.05, 4.69) is 24.1 Å². The van der Waals surface area contributed by atoms with Crippen molar-refractivity contribution in [1.29, 1.82) is 0 Å². The van der Waals surface area contributed by atoms with Crippen molar-refractivity contribution in [3.63, 3.8) is 0 Å². The Labute approximate surface area is 110 Å². The van der Waals surface area contributed by atoms with E-state index in [4.69, 9.17) is 9.47 Å². The minimum absolute atomic E-state index is 0.193. The number of carbonyl (C=O) groups excluding carboxylic acids is 1. The second-order valence-corrected chi connectivity index (χ2v) is 4.90. The van der Waals surface area contributed by atoms with E-state index in [1.165, 1.54) is 7.11 Å². The van der Waals surface area contributed by atoms with Gasteiger partial charge in [0.1, 0.15) is 6.04 Å². The molecule has 1 aliphatic rings. The quantitative estimate of drug-likeness (QED) is 0.679. The smallest absolute Gasteiger partial charge is 0.324 e. The fourth-order valence-electron chi connectivity index (χ4n) is 2.41. The number of esters is 1. The average molecular weight is 258 g/mol. The number of nitrogens with one attached hydrogen (secondary N) is 1. The van der Waals surface area contributed by atoms with Crippen molar-refractivity contribution in [3.05, 3.63) is 0 Å².